The summed E-state index contributed by atoms with van der Waals surface area (Å²) in [5.74, 6) is 1.86. The molecule has 34 heavy (non-hydrogen) atoms. The number of hydrogen-bond acceptors (Lipinski definition) is 7. The lowest BCUT2D eigenvalue weighted by Gasteiger charge is -2.23. The number of hydrogen-bond donors (Lipinski definition) is 3. The molecule has 3 N–H and O–H groups in total. The molecule has 1 aliphatic rings. The molecule has 0 spiro atoms. The van der Waals surface area contributed by atoms with Gasteiger partial charge < -0.3 is 10.6 Å². The van der Waals surface area contributed by atoms with Gasteiger partial charge in [0, 0.05) is 23.9 Å². The normalized spacial score (nSPS) is 12.9. The fraction of sp³-hybridized carbons (Fsp3) is 0.304. The molecule has 4 heterocycles. The number of aromatic nitrogens is 7. The van der Waals surface area contributed by atoms with Gasteiger partial charge in [-0.2, -0.15) is 10.2 Å². The maximum atomic E-state index is 12.8. The minimum absolute atomic E-state index is 0.0799. The first-order chi connectivity index (χ1) is 16.5. The number of pyridine rings is 1. The molecule has 1 fully saturated rings. The van der Waals surface area contributed by atoms with E-state index in [2.05, 4.69) is 40.9 Å². The number of rotatable bonds is 6. The number of carbonyl (C=O) groups is 1. The Kier molecular flexibility index (Phi) is 7.21. The van der Waals surface area contributed by atoms with Gasteiger partial charge in [0.05, 0.1) is 37.0 Å². The van der Waals surface area contributed by atoms with Crippen LogP contribution in [0.25, 0.3) is 5.82 Å². The molecule has 11 heteroatoms. The number of halogens is 1. The zero-order chi connectivity index (χ0) is 23.9. The molecule has 4 aromatic heterocycles. The highest BCUT2D eigenvalue weighted by Gasteiger charge is 2.24. The molecule has 5 rings (SSSR count). The van der Waals surface area contributed by atoms with Crippen LogP contribution in [0.5, 0.6) is 0 Å². The SMILES string of the molecule is Cc1ccnc(Nc2cc(C)[nH]n2)c1.O=C(NCc1cnc(-n2cc(F)cn2)cn1)C1CCC1. The van der Waals surface area contributed by atoms with E-state index in [9.17, 15) is 9.18 Å². The van der Waals surface area contributed by atoms with Crippen LogP contribution >= 0.6 is 0 Å². The Morgan fingerprint density at radius 2 is 2.00 bits per heavy atom. The highest BCUT2D eigenvalue weighted by Crippen LogP contribution is 2.26. The van der Waals surface area contributed by atoms with Gasteiger partial charge in [-0.05, 0) is 44.4 Å². The van der Waals surface area contributed by atoms with Crippen molar-refractivity contribution in [3.63, 3.8) is 0 Å². The van der Waals surface area contributed by atoms with Gasteiger partial charge in [-0.15, -0.1) is 0 Å². The van der Waals surface area contributed by atoms with E-state index in [1.165, 1.54) is 22.6 Å². The Bertz CT molecular complexity index is 1230. The van der Waals surface area contributed by atoms with E-state index in [0.717, 1.165) is 42.8 Å². The Morgan fingerprint density at radius 1 is 1.15 bits per heavy atom. The molecule has 1 amide bonds. The summed E-state index contributed by atoms with van der Waals surface area (Å²) < 4.78 is 14.1. The van der Waals surface area contributed by atoms with Gasteiger partial charge in [0.15, 0.2) is 17.5 Å². The molecule has 0 saturated heterocycles. The van der Waals surface area contributed by atoms with Gasteiger partial charge in [-0.3, -0.25) is 14.9 Å². The standard InChI is InChI=1S/C13H14FN5O.C10H12N4/c14-10-4-18-19(8-10)12-7-15-11(5-16-12)6-17-13(20)9-2-1-3-9;1-7-3-4-11-9(5-7)12-10-6-8(2)13-14-10/h4-5,7-9H,1-3,6H2,(H,17,20);3-6H,1-2H3,(H2,11,12,13,14). The molecule has 0 aromatic carbocycles. The van der Waals surface area contributed by atoms with E-state index in [4.69, 9.17) is 0 Å². The Balaban J connectivity index is 0.000000172. The quantitative estimate of drug-likeness (QED) is 0.400. The number of carbonyl (C=O) groups excluding carboxylic acids is 1. The summed E-state index contributed by atoms with van der Waals surface area (Å²) in [6, 6.07) is 5.87. The predicted octanol–water partition coefficient (Wildman–Crippen LogP) is 3.38. The molecule has 0 aliphatic heterocycles. The second kappa shape index (κ2) is 10.6. The Hall–Kier alpha value is -4.15. The number of nitrogens with one attached hydrogen (secondary N) is 3. The van der Waals surface area contributed by atoms with E-state index in [1.54, 1.807) is 12.4 Å². The molecule has 10 nitrogen and oxygen atoms in total. The van der Waals surface area contributed by atoms with Gasteiger partial charge >= 0.3 is 0 Å². The highest BCUT2D eigenvalue weighted by molar-refractivity contribution is 5.79. The molecule has 0 atom stereocenters. The molecular formula is C23H26FN9O. The van der Waals surface area contributed by atoms with Crippen LogP contribution in [0.1, 0.15) is 36.2 Å². The summed E-state index contributed by atoms with van der Waals surface area (Å²) in [7, 11) is 0. The average molecular weight is 464 g/mol. The van der Waals surface area contributed by atoms with Crippen LogP contribution in [-0.2, 0) is 11.3 Å². The molecule has 0 radical (unpaired) electrons. The number of aryl methyl sites for hydroxylation is 2. The maximum Gasteiger partial charge on any atom is 0.223 e. The van der Waals surface area contributed by atoms with Gasteiger partial charge in [0.1, 0.15) is 5.82 Å². The van der Waals surface area contributed by atoms with E-state index in [1.807, 2.05) is 32.0 Å². The van der Waals surface area contributed by atoms with Crippen molar-refractivity contribution in [3.05, 3.63) is 72.0 Å². The Labute approximate surface area is 196 Å². The molecule has 4 aromatic rings. The van der Waals surface area contributed by atoms with Crippen LogP contribution in [-0.4, -0.2) is 40.8 Å². The van der Waals surface area contributed by atoms with Crippen molar-refractivity contribution in [1.82, 2.24) is 40.2 Å². The minimum Gasteiger partial charge on any atom is -0.350 e. The number of amides is 1. The molecule has 1 aliphatic carbocycles. The number of anilines is 2. The minimum atomic E-state index is -0.427. The van der Waals surface area contributed by atoms with Crippen LogP contribution in [0, 0.1) is 25.6 Å². The van der Waals surface area contributed by atoms with Crippen molar-refractivity contribution in [2.45, 2.75) is 39.7 Å². The number of aromatic amines is 1. The summed E-state index contributed by atoms with van der Waals surface area (Å²) in [6.07, 6.45) is 10.2. The fourth-order valence-corrected chi connectivity index (χ4v) is 3.19. The van der Waals surface area contributed by atoms with Crippen LogP contribution in [0.3, 0.4) is 0 Å². The van der Waals surface area contributed by atoms with Gasteiger partial charge in [0.25, 0.3) is 0 Å². The second-order valence-electron chi connectivity index (χ2n) is 8.09. The van der Waals surface area contributed by atoms with Crippen molar-refractivity contribution in [3.8, 4) is 5.82 Å². The zero-order valence-electron chi connectivity index (χ0n) is 19.0. The summed E-state index contributed by atoms with van der Waals surface area (Å²) in [5, 5.41) is 16.7. The van der Waals surface area contributed by atoms with Crippen LogP contribution in [0.2, 0.25) is 0 Å². The van der Waals surface area contributed by atoms with Gasteiger partial charge in [-0.1, -0.05) is 6.42 Å². The fourth-order valence-electron chi connectivity index (χ4n) is 3.19. The maximum absolute atomic E-state index is 12.8. The number of H-pyrrole nitrogens is 1. The first kappa shape index (κ1) is 23.0. The van der Waals surface area contributed by atoms with Crippen LogP contribution in [0.4, 0.5) is 16.0 Å². The summed E-state index contributed by atoms with van der Waals surface area (Å²) in [6.45, 7) is 4.35. The van der Waals surface area contributed by atoms with E-state index in [0.29, 0.717) is 18.1 Å². The van der Waals surface area contributed by atoms with Crippen LogP contribution in [0.15, 0.2) is 49.2 Å². The summed E-state index contributed by atoms with van der Waals surface area (Å²) >= 11 is 0. The Morgan fingerprint density at radius 3 is 2.59 bits per heavy atom. The van der Waals surface area contributed by atoms with Gasteiger partial charge in [0.2, 0.25) is 5.91 Å². The third-order valence-corrected chi connectivity index (χ3v) is 5.27. The molecule has 0 unspecified atom stereocenters. The molecule has 0 bridgehead atoms. The highest BCUT2D eigenvalue weighted by atomic mass is 19.1. The van der Waals surface area contributed by atoms with Crippen molar-refractivity contribution in [1.29, 1.82) is 0 Å². The average Bonchev–Trinajstić information content (AvgIpc) is 3.40. The third kappa shape index (κ3) is 6.21. The molecular weight excluding hydrogens is 437 g/mol. The van der Waals surface area contributed by atoms with Gasteiger partial charge in [-0.25, -0.2) is 19.0 Å². The van der Waals surface area contributed by atoms with E-state index in [-0.39, 0.29) is 11.8 Å². The zero-order valence-corrected chi connectivity index (χ0v) is 19.0. The lowest BCUT2D eigenvalue weighted by molar-refractivity contribution is -0.127. The van der Waals surface area contributed by atoms with Crippen molar-refractivity contribution in [2.24, 2.45) is 5.92 Å². The molecule has 176 valence electrons. The third-order valence-electron chi connectivity index (χ3n) is 5.27. The lowest BCUT2D eigenvalue weighted by Crippen LogP contribution is -2.34. The van der Waals surface area contributed by atoms with Crippen molar-refractivity contribution >= 4 is 17.5 Å². The molecule has 1 saturated carbocycles. The first-order valence-corrected chi connectivity index (χ1v) is 11.0. The monoisotopic (exact) mass is 463 g/mol. The number of nitrogens with zero attached hydrogens (tertiary/aromatic N) is 6. The van der Waals surface area contributed by atoms with Crippen LogP contribution < -0.4 is 10.6 Å². The summed E-state index contributed by atoms with van der Waals surface area (Å²) in [4.78, 5) is 24.2. The second-order valence-corrected chi connectivity index (χ2v) is 8.09. The van der Waals surface area contributed by atoms with E-state index >= 15 is 0 Å². The van der Waals surface area contributed by atoms with E-state index < -0.39 is 5.82 Å². The van der Waals surface area contributed by atoms with Crippen molar-refractivity contribution < 1.29 is 9.18 Å². The van der Waals surface area contributed by atoms with Crippen molar-refractivity contribution in [2.75, 3.05) is 5.32 Å². The summed E-state index contributed by atoms with van der Waals surface area (Å²) in [5.41, 5.74) is 2.86. The smallest absolute Gasteiger partial charge is 0.223 e. The lowest BCUT2D eigenvalue weighted by atomic mass is 9.85. The largest absolute Gasteiger partial charge is 0.350 e. The predicted molar refractivity (Wildman–Crippen MR) is 124 cm³/mol. The first-order valence-electron chi connectivity index (χ1n) is 11.0. The topological polar surface area (TPSA) is 126 Å².